The van der Waals surface area contributed by atoms with E-state index in [9.17, 15) is 4.79 Å². The van der Waals surface area contributed by atoms with Crippen LogP contribution in [0.5, 0.6) is 11.5 Å². The van der Waals surface area contributed by atoms with Gasteiger partial charge in [0.25, 0.3) is 0 Å². The lowest BCUT2D eigenvalue weighted by atomic mass is 9.65. The van der Waals surface area contributed by atoms with Gasteiger partial charge in [0.1, 0.15) is 0 Å². The molecule has 2 aromatic rings. The predicted octanol–water partition coefficient (Wildman–Crippen LogP) is 4.09. The largest absolute Gasteiger partial charge is 0.493 e. The molecule has 0 radical (unpaired) electrons. The number of likely N-dealkylation sites (tertiary alicyclic amines) is 1. The minimum Gasteiger partial charge on any atom is -0.493 e. The Hall–Kier alpha value is -2.73. The number of ether oxygens (including phenoxy) is 2. The van der Waals surface area contributed by atoms with Crippen molar-refractivity contribution in [3.8, 4) is 11.5 Å². The number of hydrogen-bond acceptors (Lipinski definition) is 4. The molecular weight excluding hydrogens is 402 g/mol. The highest BCUT2D eigenvalue weighted by Gasteiger charge is 2.51. The van der Waals surface area contributed by atoms with E-state index in [-0.39, 0.29) is 17.5 Å². The SMILES string of the molecule is CCNC(=O)NC1CCC2(c3ccc(OC)c(OC)c3)CCN(Cc3ccccc3)C2C1. The maximum Gasteiger partial charge on any atom is 0.314 e. The molecule has 1 aliphatic heterocycles. The number of amides is 2. The molecule has 1 saturated carbocycles. The second kappa shape index (κ2) is 9.82. The Bertz CT molecular complexity index is 920. The molecule has 2 aliphatic rings. The molecule has 0 bridgehead atoms. The van der Waals surface area contributed by atoms with Crippen LogP contribution in [0.15, 0.2) is 48.5 Å². The zero-order chi connectivity index (χ0) is 22.6. The highest BCUT2D eigenvalue weighted by molar-refractivity contribution is 5.74. The normalized spacial score (nSPS) is 25.1. The third kappa shape index (κ3) is 4.42. The van der Waals surface area contributed by atoms with Gasteiger partial charge in [-0.2, -0.15) is 0 Å². The summed E-state index contributed by atoms with van der Waals surface area (Å²) in [6.45, 7) is 4.55. The first kappa shape index (κ1) is 22.5. The summed E-state index contributed by atoms with van der Waals surface area (Å²) in [6, 6.07) is 17.5. The number of rotatable bonds is 7. The van der Waals surface area contributed by atoms with E-state index in [0.717, 1.165) is 50.3 Å². The first-order chi connectivity index (χ1) is 15.6. The van der Waals surface area contributed by atoms with Gasteiger partial charge in [0.2, 0.25) is 0 Å². The molecule has 3 atom stereocenters. The summed E-state index contributed by atoms with van der Waals surface area (Å²) in [5, 5.41) is 6.08. The van der Waals surface area contributed by atoms with Gasteiger partial charge >= 0.3 is 6.03 Å². The van der Waals surface area contributed by atoms with Crippen LogP contribution in [-0.4, -0.2) is 50.3 Å². The van der Waals surface area contributed by atoms with Crippen molar-refractivity contribution in [2.75, 3.05) is 27.3 Å². The molecule has 1 heterocycles. The first-order valence-electron chi connectivity index (χ1n) is 11.6. The fraction of sp³-hybridized carbons (Fsp3) is 0.500. The lowest BCUT2D eigenvalue weighted by Gasteiger charge is -2.45. The van der Waals surface area contributed by atoms with Crippen molar-refractivity contribution >= 4 is 6.03 Å². The Balaban J connectivity index is 1.63. The van der Waals surface area contributed by atoms with E-state index in [2.05, 4.69) is 58.0 Å². The molecule has 4 rings (SSSR count). The van der Waals surface area contributed by atoms with E-state index in [1.807, 2.05) is 13.0 Å². The number of carbonyl (C=O) groups excluding carboxylic acids is 1. The molecule has 6 nitrogen and oxygen atoms in total. The van der Waals surface area contributed by atoms with Gasteiger partial charge in [-0.15, -0.1) is 0 Å². The minimum atomic E-state index is -0.0660. The monoisotopic (exact) mass is 437 g/mol. The molecule has 1 aliphatic carbocycles. The van der Waals surface area contributed by atoms with Gasteiger partial charge in [0.05, 0.1) is 14.2 Å². The van der Waals surface area contributed by atoms with Crippen LogP contribution in [0.4, 0.5) is 4.79 Å². The van der Waals surface area contributed by atoms with Crippen LogP contribution in [0.25, 0.3) is 0 Å². The van der Waals surface area contributed by atoms with Crippen LogP contribution in [0.2, 0.25) is 0 Å². The van der Waals surface area contributed by atoms with Crippen LogP contribution in [0, 0.1) is 0 Å². The predicted molar refractivity (Wildman–Crippen MR) is 126 cm³/mol. The number of benzene rings is 2. The summed E-state index contributed by atoms with van der Waals surface area (Å²) in [4.78, 5) is 14.8. The molecule has 3 unspecified atom stereocenters. The summed E-state index contributed by atoms with van der Waals surface area (Å²) in [7, 11) is 3.37. The van der Waals surface area contributed by atoms with E-state index in [1.165, 1.54) is 11.1 Å². The van der Waals surface area contributed by atoms with Gasteiger partial charge in [-0.05, 0) is 62.4 Å². The third-order valence-electron chi connectivity index (χ3n) is 7.23. The van der Waals surface area contributed by atoms with Crippen LogP contribution >= 0.6 is 0 Å². The Morgan fingerprint density at radius 1 is 1.09 bits per heavy atom. The second-order valence-electron chi connectivity index (χ2n) is 8.92. The highest BCUT2D eigenvalue weighted by atomic mass is 16.5. The van der Waals surface area contributed by atoms with Gasteiger partial charge in [-0.25, -0.2) is 4.79 Å². The Morgan fingerprint density at radius 2 is 1.88 bits per heavy atom. The number of hydrogen-bond donors (Lipinski definition) is 2. The first-order valence-corrected chi connectivity index (χ1v) is 11.6. The van der Waals surface area contributed by atoms with Crippen LogP contribution in [-0.2, 0) is 12.0 Å². The molecule has 2 aromatic carbocycles. The van der Waals surface area contributed by atoms with E-state index in [1.54, 1.807) is 14.2 Å². The molecule has 0 spiro atoms. The zero-order valence-corrected chi connectivity index (χ0v) is 19.4. The number of nitrogens with zero attached hydrogens (tertiary/aromatic N) is 1. The Kier molecular flexibility index (Phi) is 6.89. The zero-order valence-electron chi connectivity index (χ0n) is 19.4. The van der Waals surface area contributed by atoms with Gasteiger partial charge in [0.15, 0.2) is 11.5 Å². The molecule has 1 saturated heterocycles. The standard InChI is InChI=1S/C26H35N3O3/c1-4-27-25(30)28-21-12-13-26(20-10-11-22(31-2)23(16-20)32-3)14-15-29(24(26)17-21)18-19-8-6-5-7-9-19/h5-11,16,21,24H,4,12-15,17-18H2,1-3H3,(H2,27,28,30). The van der Waals surface area contributed by atoms with Gasteiger partial charge in [-0.1, -0.05) is 36.4 Å². The Morgan fingerprint density at radius 3 is 2.59 bits per heavy atom. The molecule has 2 N–H and O–H groups in total. The molecular formula is C26H35N3O3. The molecule has 2 fully saturated rings. The van der Waals surface area contributed by atoms with Crippen molar-refractivity contribution in [3.05, 3.63) is 59.7 Å². The Labute approximate surface area is 191 Å². The van der Waals surface area contributed by atoms with Crippen LogP contribution < -0.4 is 20.1 Å². The number of carbonyl (C=O) groups is 1. The summed E-state index contributed by atoms with van der Waals surface area (Å²) < 4.78 is 11.1. The fourth-order valence-electron chi connectivity index (χ4n) is 5.66. The van der Waals surface area contributed by atoms with E-state index < -0.39 is 0 Å². The van der Waals surface area contributed by atoms with Crippen molar-refractivity contribution in [2.24, 2.45) is 0 Å². The van der Waals surface area contributed by atoms with Crippen molar-refractivity contribution in [3.63, 3.8) is 0 Å². The van der Waals surface area contributed by atoms with E-state index >= 15 is 0 Å². The molecule has 32 heavy (non-hydrogen) atoms. The summed E-state index contributed by atoms with van der Waals surface area (Å²) in [5.74, 6) is 1.54. The molecule has 6 heteroatoms. The summed E-state index contributed by atoms with van der Waals surface area (Å²) >= 11 is 0. The molecule has 0 aromatic heterocycles. The average molecular weight is 438 g/mol. The lowest BCUT2D eigenvalue weighted by Crippen LogP contribution is -2.53. The van der Waals surface area contributed by atoms with Gasteiger partial charge < -0.3 is 20.1 Å². The second-order valence-corrected chi connectivity index (χ2v) is 8.92. The third-order valence-corrected chi connectivity index (χ3v) is 7.23. The maximum atomic E-state index is 12.2. The number of fused-ring (bicyclic) bond motifs is 1. The van der Waals surface area contributed by atoms with Crippen molar-refractivity contribution in [1.29, 1.82) is 0 Å². The van der Waals surface area contributed by atoms with Crippen LogP contribution in [0.1, 0.15) is 43.7 Å². The molecule has 172 valence electrons. The molecule has 2 amide bonds. The van der Waals surface area contributed by atoms with Crippen molar-refractivity contribution < 1.29 is 14.3 Å². The van der Waals surface area contributed by atoms with Crippen molar-refractivity contribution in [2.45, 2.75) is 56.7 Å². The summed E-state index contributed by atoms with van der Waals surface area (Å²) in [6.07, 6.45) is 4.06. The van der Waals surface area contributed by atoms with Crippen molar-refractivity contribution in [1.82, 2.24) is 15.5 Å². The van der Waals surface area contributed by atoms with Gasteiger partial charge in [-0.3, -0.25) is 4.90 Å². The van der Waals surface area contributed by atoms with E-state index in [4.69, 9.17) is 9.47 Å². The number of nitrogens with one attached hydrogen (secondary N) is 2. The smallest absolute Gasteiger partial charge is 0.314 e. The fourth-order valence-corrected chi connectivity index (χ4v) is 5.66. The van der Waals surface area contributed by atoms with E-state index in [0.29, 0.717) is 12.6 Å². The number of urea groups is 1. The van der Waals surface area contributed by atoms with Crippen LogP contribution in [0.3, 0.4) is 0 Å². The lowest BCUT2D eigenvalue weighted by molar-refractivity contribution is 0.130. The average Bonchev–Trinajstić information content (AvgIpc) is 3.18. The van der Waals surface area contributed by atoms with Gasteiger partial charge in [0, 0.05) is 30.6 Å². The maximum absolute atomic E-state index is 12.2. The number of methoxy groups -OCH3 is 2. The quantitative estimate of drug-likeness (QED) is 0.685. The minimum absolute atomic E-state index is 0.0493. The topological polar surface area (TPSA) is 62.8 Å². The highest BCUT2D eigenvalue weighted by Crippen LogP contribution is 2.50. The summed E-state index contributed by atoms with van der Waals surface area (Å²) in [5.41, 5.74) is 2.69.